The van der Waals surface area contributed by atoms with Crippen LogP contribution in [0.1, 0.15) is 41.4 Å². The molecule has 0 aliphatic carbocycles. The van der Waals surface area contributed by atoms with E-state index < -0.39 is 0 Å². The van der Waals surface area contributed by atoms with Crippen molar-refractivity contribution in [2.24, 2.45) is 0 Å². The molecular weight excluding hydrogens is 392 g/mol. The SMILES string of the molecule is Cc1sc2ncnc(SC/C(O)=C(\C#N)c3nnc4n3CCCCC4)c2c1C. The molecule has 0 unspecified atom stereocenters. The van der Waals surface area contributed by atoms with Gasteiger partial charge in [0.2, 0.25) is 0 Å². The number of nitrogens with zero attached hydrogens (tertiary/aromatic N) is 6. The van der Waals surface area contributed by atoms with Crippen LogP contribution in [-0.4, -0.2) is 35.6 Å². The maximum atomic E-state index is 10.7. The summed E-state index contributed by atoms with van der Waals surface area (Å²) >= 11 is 3.05. The third-order valence-corrected chi connectivity index (χ3v) is 7.13. The Morgan fingerprint density at radius 3 is 2.96 bits per heavy atom. The Labute approximate surface area is 171 Å². The number of aliphatic hydroxyl groups is 1. The average Bonchev–Trinajstić information content (AvgIpc) is 3.11. The minimum absolute atomic E-state index is 0.00307. The van der Waals surface area contributed by atoms with E-state index in [1.54, 1.807) is 17.7 Å². The first-order valence-electron chi connectivity index (χ1n) is 9.18. The zero-order valence-electron chi connectivity index (χ0n) is 15.8. The molecule has 0 aromatic carbocycles. The fourth-order valence-electron chi connectivity index (χ4n) is 3.38. The van der Waals surface area contributed by atoms with Crippen LogP contribution >= 0.6 is 23.1 Å². The molecule has 1 aliphatic rings. The van der Waals surface area contributed by atoms with E-state index in [2.05, 4.69) is 40.1 Å². The van der Waals surface area contributed by atoms with Gasteiger partial charge in [-0.1, -0.05) is 18.2 Å². The standard InChI is InChI=1S/C19H20N6OS2/c1-11-12(2)28-19-16(11)18(21-10-22-19)27-9-14(26)13(8-20)17-24-23-15-6-4-3-5-7-25(15)17/h10,26H,3-7,9H2,1-2H3/b14-13-. The van der Waals surface area contributed by atoms with Crippen LogP contribution in [0, 0.1) is 25.2 Å². The molecule has 3 aromatic rings. The van der Waals surface area contributed by atoms with Gasteiger partial charge in [-0.05, 0) is 32.3 Å². The Balaban J connectivity index is 1.64. The van der Waals surface area contributed by atoms with Gasteiger partial charge in [-0.15, -0.1) is 21.5 Å². The molecule has 4 rings (SSSR count). The number of rotatable bonds is 4. The summed E-state index contributed by atoms with van der Waals surface area (Å²) in [5.41, 5.74) is 1.35. The van der Waals surface area contributed by atoms with Gasteiger partial charge in [-0.25, -0.2) is 9.97 Å². The lowest BCUT2D eigenvalue weighted by atomic mass is 10.2. The lowest BCUT2D eigenvalue weighted by molar-refractivity contribution is 0.420. The number of aryl methyl sites for hydroxylation is 3. The van der Waals surface area contributed by atoms with Crippen molar-refractivity contribution in [2.45, 2.75) is 51.1 Å². The summed E-state index contributed by atoms with van der Waals surface area (Å²) in [7, 11) is 0. The summed E-state index contributed by atoms with van der Waals surface area (Å²) in [6, 6.07) is 2.13. The van der Waals surface area contributed by atoms with Gasteiger partial charge in [0.25, 0.3) is 0 Å². The van der Waals surface area contributed by atoms with Gasteiger partial charge in [0.05, 0.1) is 5.75 Å². The van der Waals surface area contributed by atoms with E-state index in [-0.39, 0.29) is 17.1 Å². The Morgan fingerprint density at radius 2 is 2.14 bits per heavy atom. The van der Waals surface area contributed by atoms with Crippen LogP contribution < -0.4 is 0 Å². The van der Waals surface area contributed by atoms with E-state index >= 15 is 0 Å². The zero-order chi connectivity index (χ0) is 19.7. The van der Waals surface area contributed by atoms with Gasteiger partial charge in [-0.3, -0.25) is 0 Å². The molecule has 0 atom stereocenters. The molecule has 3 aromatic heterocycles. The zero-order valence-corrected chi connectivity index (χ0v) is 17.4. The number of nitriles is 1. The van der Waals surface area contributed by atoms with E-state index in [4.69, 9.17) is 0 Å². The van der Waals surface area contributed by atoms with Crippen molar-refractivity contribution >= 4 is 38.9 Å². The van der Waals surface area contributed by atoms with Gasteiger partial charge in [-0.2, -0.15) is 5.26 Å². The number of hydrogen-bond donors (Lipinski definition) is 1. The number of hydrogen-bond acceptors (Lipinski definition) is 8. The number of allylic oxidation sites excluding steroid dienone is 1. The molecular formula is C19H20N6OS2. The van der Waals surface area contributed by atoms with Crippen molar-refractivity contribution in [2.75, 3.05) is 5.75 Å². The second-order valence-electron chi connectivity index (χ2n) is 6.77. The van der Waals surface area contributed by atoms with E-state index in [1.165, 1.54) is 16.6 Å². The van der Waals surface area contributed by atoms with Crippen LogP contribution in [0.2, 0.25) is 0 Å². The Bertz CT molecular complexity index is 1110. The van der Waals surface area contributed by atoms with Crippen molar-refractivity contribution in [1.82, 2.24) is 24.7 Å². The molecule has 28 heavy (non-hydrogen) atoms. The van der Waals surface area contributed by atoms with Crippen molar-refractivity contribution in [1.29, 1.82) is 5.26 Å². The van der Waals surface area contributed by atoms with Gasteiger partial charge in [0.15, 0.2) is 5.82 Å². The molecule has 0 spiro atoms. The molecule has 0 bridgehead atoms. The summed E-state index contributed by atoms with van der Waals surface area (Å²) < 4.78 is 1.97. The van der Waals surface area contributed by atoms with Gasteiger partial charge in [0, 0.05) is 23.2 Å². The molecule has 4 heterocycles. The fourth-order valence-corrected chi connectivity index (χ4v) is 5.38. The van der Waals surface area contributed by atoms with E-state index in [1.807, 2.05) is 4.57 Å². The molecule has 0 radical (unpaired) electrons. The normalized spacial score (nSPS) is 15.0. The number of aliphatic hydroxyl groups excluding tert-OH is 1. The Hall–Kier alpha value is -2.44. The maximum Gasteiger partial charge on any atom is 0.178 e. The summed E-state index contributed by atoms with van der Waals surface area (Å²) in [6.45, 7) is 4.91. The predicted octanol–water partition coefficient (Wildman–Crippen LogP) is 4.21. The molecule has 7 nitrogen and oxygen atoms in total. The van der Waals surface area contributed by atoms with Crippen molar-refractivity contribution < 1.29 is 5.11 Å². The first kappa shape index (κ1) is 18.9. The topological polar surface area (TPSA) is 101 Å². The number of thiophene rings is 1. The molecule has 1 aliphatic heterocycles. The minimum atomic E-state index is 0.00307. The second kappa shape index (κ2) is 7.89. The molecule has 1 N–H and O–H groups in total. The van der Waals surface area contributed by atoms with Crippen LogP contribution in [0.5, 0.6) is 0 Å². The lowest BCUT2D eigenvalue weighted by Gasteiger charge is -2.08. The smallest absolute Gasteiger partial charge is 0.178 e. The van der Waals surface area contributed by atoms with Gasteiger partial charge < -0.3 is 9.67 Å². The largest absolute Gasteiger partial charge is 0.510 e. The van der Waals surface area contributed by atoms with Crippen LogP contribution in [-0.2, 0) is 13.0 Å². The van der Waals surface area contributed by atoms with Crippen LogP contribution in [0.15, 0.2) is 17.1 Å². The highest BCUT2D eigenvalue weighted by atomic mass is 32.2. The summed E-state index contributed by atoms with van der Waals surface area (Å²) in [4.78, 5) is 10.9. The minimum Gasteiger partial charge on any atom is -0.510 e. The third kappa shape index (κ3) is 3.38. The monoisotopic (exact) mass is 412 g/mol. The Kier molecular flexibility index (Phi) is 5.33. The molecule has 144 valence electrons. The van der Waals surface area contributed by atoms with Gasteiger partial charge in [0.1, 0.15) is 39.4 Å². The summed E-state index contributed by atoms with van der Waals surface area (Å²) in [6.07, 6.45) is 5.65. The molecule has 0 saturated heterocycles. The highest BCUT2D eigenvalue weighted by molar-refractivity contribution is 7.99. The average molecular weight is 413 g/mol. The van der Waals surface area contributed by atoms with Gasteiger partial charge >= 0.3 is 0 Å². The number of aromatic nitrogens is 5. The lowest BCUT2D eigenvalue weighted by Crippen LogP contribution is -2.07. The highest BCUT2D eigenvalue weighted by Gasteiger charge is 2.21. The number of thioether (sulfide) groups is 1. The highest BCUT2D eigenvalue weighted by Crippen LogP contribution is 2.35. The first-order chi connectivity index (χ1) is 13.6. The maximum absolute atomic E-state index is 10.7. The molecule has 0 fully saturated rings. The second-order valence-corrected chi connectivity index (χ2v) is 8.93. The predicted molar refractivity (Wildman–Crippen MR) is 110 cm³/mol. The Morgan fingerprint density at radius 1 is 1.29 bits per heavy atom. The third-order valence-electron chi connectivity index (χ3n) is 5.01. The molecule has 0 saturated carbocycles. The fraction of sp³-hybridized carbons (Fsp3) is 0.421. The van der Waals surface area contributed by atoms with Crippen molar-refractivity contribution in [3.63, 3.8) is 0 Å². The van der Waals surface area contributed by atoms with Crippen molar-refractivity contribution in [3.05, 3.63) is 34.2 Å². The van der Waals surface area contributed by atoms with Crippen LogP contribution in [0.4, 0.5) is 0 Å². The number of fused-ring (bicyclic) bond motifs is 2. The van der Waals surface area contributed by atoms with E-state index in [0.717, 1.165) is 58.9 Å². The first-order valence-corrected chi connectivity index (χ1v) is 11.0. The summed E-state index contributed by atoms with van der Waals surface area (Å²) in [5, 5.41) is 30.6. The van der Waals surface area contributed by atoms with Crippen molar-refractivity contribution in [3.8, 4) is 6.07 Å². The molecule has 0 amide bonds. The van der Waals surface area contributed by atoms with E-state index in [9.17, 15) is 10.4 Å². The quantitative estimate of drug-likeness (QED) is 0.296. The van der Waals surface area contributed by atoms with Crippen LogP contribution in [0.3, 0.4) is 0 Å². The molecule has 9 heteroatoms. The summed E-state index contributed by atoms with van der Waals surface area (Å²) in [5.74, 6) is 1.60. The van der Waals surface area contributed by atoms with Crippen LogP contribution in [0.25, 0.3) is 15.8 Å². The van der Waals surface area contributed by atoms with E-state index in [0.29, 0.717) is 5.82 Å².